The summed E-state index contributed by atoms with van der Waals surface area (Å²) in [6.45, 7) is 13.4. The van der Waals surface area contributed by atoms with Gasteiger partial charge in [-0.1, -0.05) is 26.8 Å². The van der Waals surface area contributed by atoms with Crippen LogP contribution in [0.1, 0.15) is 52.5 Å². The van der Waals surface area contributed by atoms with Crippen molar-refractivity contribution in [2.45, 2.75) is 59.6 Å². The Balaban J connectivity index is 1.62. The van der Waals surface area contributed by atoms with Crippen LogP contribution in [0.25, 0.3) is 0 Å². The molecular weight excluding hydrogens is 366 g/mol. The van der Waals surface area contributed by atoms with Crippen molar-refractivity contribution in [2.24, 2.45) is 16.3 Å². The van der Waals surface area contributed by atoms with Crippen LogP contribution < -0.4 is 20.1 Å². The van der Waals surface area contributed by atoms with E-state index in [0.29, 0.717) is 25.7 Å². The van der Waals surface area contributed by atoms with E-state index in [0.717, 1.165) is 55.6 Å². The number of fused-ring (bicyclic) bond motifs is 1. The maximum absolute atomic E-state index is 6.11. The number of rotatable bonds is 5. The van der Waals surface area contributed by atoms with Crippen molar-refractivity contribution in [1.82, 2.24) is 10.6 Å². The molecule has 1 aromatic rings. The van der Waals surface area contributed by atoms with Crippen molar-refractivity contribution in [2.75, 3.05) is 32.9 Å². The SMILES string of the molecule is CCNC(=NCc1ccc2c(c1)OCCCO2)NCC1CCCOC1C(C)(C)C. The molecular formula is C23H37N3O3. The van der Waals surface area contributed by atoms with Gasteiger partial charge in [0.05, 0.1) is 25.9 Å². The number of hydrogen-bond acceptors (Lipinski definition) is 4. The van der Waals surface area contributed by atoms with Crippen LogP contribution in [-0.2, 0) is 11.3 Å². The first-order chi connectivity index (χ1) is 14.0. The molecule has 2 heterocycles. The summed E-state index contributed by atoms with van der Waals surface area (Å²) in [6.07, 6.45) is 3.51. The zero-order valence-electron chi connectivity index (χ0n) is 18.4. The molecule has 2 aliphatic rings. The summed E-state index contributed by atoms with van der Waals surface area (Å²) in [6, 6.07) is 6.09. The zero-order chi connectivity index (χ0) is 20.7. The van der Waals surface area contributed by atoms with Gasteiger partial charge in [0, 0.05) is 32.0 Å². The fourth-order valence-electron chi connectivity index (χ4n) is 4.06. The maximum Gasteiger partial charge on any atom is 0.191 e. The van der Waals surface area contributed by atoms with Gasteiger partial charge >= 0.3 is 0 Å². The summed E-state index contributed by atoms with van der Waals surface area (Å²) in [5, 5.41) is 6.90. The smallest absolute Gasteiger partial charge is 0.191 e. The molecule has 3 rings (SSSR count). The second-order valence-electron chi connectivity index (χ2n) is 8.97. The summed E-state index contributed by atoms with van der Waals surface area (Å²) < 4.78 is 17.6. The third-order valence-corrected chi connectivity index (χ3v) is 5.41. The number of hydrogen-bond donors (Lipinski definition) is 2. The highest BCUT2D eigenvalue weighted by molar-refractivity contribution is 5.79. The zero-order valence-corrected chi connectivity index (χ0v) is 18.4. The summed E-state index contributed by atoms with van der Waals surface area (Å²) in [7, 11) is 0. The van der Waals surface area contributed by atoms with E-state index >= 15 is 0 Å². The van der Waals surface area contributed by atoms with Crippen LogP contribution in [-0.4, -0.2) is 45.0 Å². The minimum absolute atomic E-state index is 0.145. The number of benzene rings is 1. The fraction of sp³-hybridized carbons (Fsp3) is 0.696. The predicted octanol–water partition coefficient (Wildman–Crippen LogP) is 3.74. The molecule has 1 fully saturated rings. The molecule has 0 spiro atoms. The molecule has 0 saturated carbocycles. The standard InChI is InChI=1S/C23H37N3O3/c1-5-24-22(26-16-18-8-6-11-29-21(18)23(2,3)4)25-15-17-9-10-19-20(14-17)28-13-7-12-27-19/h9-10,14,18,21H,5-8,11-13,15-16H2,1-4H3,(H2,24,25,26). The van der Waals surface area contributed by atoms with Gasteiger partial charge in [-0.2, -0.15) is 0 Å². The highest BCUT2D eigenvalue weighted by Crippen LogP contribution is 2.34. The first-order valence-corrected chi connectivity index (χ1v) is 11.0. The number of aliphatic imine (C=N–C) groups is 1. The molecule has 2 unspecified atom stereocenters. The second kappa shape index (κ2) is 10.2. The Labute approximate surface area is 175 Å². The highest BCUT2D eigenvalue weighted by atomic mass is 16.5. The summed E-state index contributed by atoms with van der Waals surface area (Å²) >= 11 is 0. The molecule has 6 heteroatoms. The van der Waals surface area contributed by atoms with Crippen LogP contribution in [0, 0.1) is 11.3 Å². The Morgan fingerprint density at radius 1 is 1.07 bits per heavy atom. The average Bonchev–Trinajstić information content (AvgIpc) is 2.94. The first-order valence-electron chi connectivity index (χ1n) is 11.0. The topological polar surface area (TPSA) is 64.1 Å². The van der Waals surface area contributed by atoms with Crippen LogP contribution in [0.4, 0.5) is 0 Å². The van der Waals surface area contributed by atoms with Crippen molar-refractivity contribution in [1.29, 1.82) is 0 Å². The third-order valence-electron chi connectivity index (χ3n) is 5.41. The molecule has 1 saturated heterocycles. The Morgan fingerprint density at radius 2 is 1.86 bits per heavy atom. The molecule has 0 amide bonds. The lowest BCUT2D eigenvalue weighted by atomic mass is 9.78. The quantitative estimate of drug-likeness (QED) is 0.579. The molecule has 0 aliphatic carbocycles. The second-order valence-corrected chi connectivity index (χ2v) is 8.97. The Kier molecular flexibility index (Phi) is 7.64. The molecule has 0 radical (unpaired) electrons. The number of nitrogens with zero attached hydrogens (tertiary/aromatic N) is 1. The molecule has 2 N–H and O–H groups in total. The predicted molar refractivity (Wildman–Crippen MR) is 117 cm³/mol. The lowest BCUT2D eigenvalue weighted by Gasteiger charge is -2.40. The summed E-state index contributed by atoms with van der Waals surface area (Å²) in [5.41, 5.74) is 1.26. The molecule has 0 bridgehead atoms. The van der Waals surface area contributed by atoms with E-state index in [-0.39, 0.29) is 11.5 Å². The van der Waals surface area contributed by atoms with Crippen LogP contribution >= 0.6 is 0 Å². The van der Waals surface area contributed by atoms with Crippen LogP contribution in [0.5, 0.6) is 11.5 Å². The Hall–Kier alpha value is -1.95. The summed E-state index contributed by atoms with van der Waals surface area (Å²) in [4.78, 5) is 4.78. The van der Waals surface area contributed by atoms with Crippen molar-refractivity contribution in [3.8, 4) is 11.5 Å². The highest BCUT2D eigenvalue weighted by Gasteiger charge is 2.35. The summed E-state index contributed by atoms with van der Waals surface area (Å²) in [5.74, 6) is 2.98. The largest absolute Gasteiger partial charge is 0.490 e. The number of guanidine groups is 1. The van der Waals surface area contributed by atoms with Crippen molar-refractivity contribution < 1.29 is 14.2 Å². The fourth-order valence-corrected chi connectivity index (χ4v) is 4.06. The Bertz CT molecular complexity index is 684. The van der Waals surface area contributed by atoms with Gasteiger partial charge in [0.2, 0.25) is 0 Å². The third kappa shape index (κ3) is 6.26. The van der Waals surface area contributed by atoms with E-state index in [1.165, 1.54) is 6.42 Å². The molecule has 6 nitrogen and oxygen atoms in total. The van der Waals surface area contributed by atoms with Crippen molar-refractivity contribution >= 4 is 5.96 Å². The molecule has 0 aromatic heterocycles. The molecule has 2 aliphatic heterocycles. The molecule has 1 aromatic carbocycles. The molecule has 162 valence electrons. The van der Waals surface area contributed by atoms with Gasteiger partial charge in [0.25, 0.3) is 0 Å². The minimum Gasteiger partial charge on any atom is -0.490 e. The van der Waals surface area contributed by atoms with Gasteiger partial charge < -0.3 is 24.8 Å². The number of nitrogens with one attached hydrogen (secondary N) is 2. The minimum atomic E-state index is 0.145. The lowest BCUT2D eigenvalue weighted by molar-refractivity contribution is -0.0835. The van der Waals surface area contributed by atoms with E-state index in [4.69, 9.17) is 19.2 Å². The Morgan fingerprint density at radius 3 is 2.62 bits per heavy atom. The van der Waals surface area contributed by atoms with Crippen LogP contribution in [0.3, 0.4) is 0 Å². The van der Waals surface area contributed by atoms with Gasteiger partial charge in [-0.05, 0) is 42.9 Å². The van der Waals surface area contributed by atoms with E-state index < -0.39 is 0 Å². The van der Waals surface area contributed by atoms with E-state index in [1.807, 2.05) is 12.1 Å². The first kappa shape index (κ1) is 21.8. The van der Waals surface area contributed by atoms with E-state index in [1.54, 1.807) is 0 Å². The van der Waals surface area contributed by atoms with Crippen LogP contribution in [0.2, 0.25) is 0 Å². The van der Waals surface area contributed by atoms with Crippen LogP contribution in [0.15, 0.2) is 23.2 Å². The van der Waals surface area contributed by atoms with Crippen molar-refractivity contribution in [3.05, 3.63) is 23.8 Å². The maximum atomic E-state index is 6.11. The lowest BCUT2D eigenvalue weighted by Crippen LogP contribution is -2.47. The van der Waals surface area contributed by atoms with Gasteiger partial charge in [0.1, 0.15) is 0 Å². The van der Waals surface area contributed by atoms with Crippen molar-refractivity contribution in [3.63, 3.8) is 0 Å². The average molecular weight is 404 g/mol. The van der Waals surface area contributed by atoms with E-state index in [9.17, 15) is 0 Å². The molecule has 29 heavy (non-hydrogen) atoms. The van der Waals surface area contributed by atoms with Gasteiger partial charge in [-0.25, -0.2) is 4.99 Å². The van der Waals surface area contributed by atoms with E-state index in [2.05, 4.69) is 44.4 Å². The van der Waals surface area contributed by atoms with Gasteiger partial charge in [-0.15, -0.1) is 0 Å². The van der Waals surface area contributed by atoms with Gasteiger partial charge in [-0.3, -0.25) is 0 Å². The van der Waals surface area contributed by atoms with Gasteiger partial charge in [0.15, 0.2) is 17.5 Å². The number of ether oxygens (including phenoxy) is 3. The monoisotopic (exact) mass is 403 g/mol. The molecule has 2 atom stereocenters. The normalized spacial score (nSPS) is 22.7.